The zero-order valence-electron chi connectivity index (χ0n) is 13.8. The molecule has 0 saturated heterocycles. The fourth-order valence-electron chi connectivity index (χ4n) is 3.29. The van der Waals surface area contributed by atoms with Gasteiger partial charge in [-0.1, -0.05) is 54.6 Å². The lowest BCUT2D eigenvalue weighted by Crippen LogP contribution is -2.34. The minimum Gasteiger partial charge on any atom is -0.348 e. The van der Waals surface area contributed by atoms with Crippen LogP contribution in [0.2, 0.25) is 0 Å². The number of fused-ring (bicyclic) bond motifs is 1. The second kappa shape index (κ2) is 6.84. The first kappa shape index (κ1) is 15.5. The summed E-state index contributed by atoms with van der Waals surface area (Å²) in [5, 5.41) is 15.4. The lowest BCUT2D eigenvalue weighted by molar-refractivity contribution is -0.122. The Kier molecular flexibility index (Phi) is 4.24. The molecule has 1 amide bonds. The number of amides is 1. The fraction of sp³-hybridized carbons (Fsp3) is 0.263. The van der Waals surface area contributed by atoms with Crippen molar-refractivity contribution in [2.45, 2.75) is 31.8 Å². The number of hydrogen-bond acceptors (Lipinski definition) is 4. The largest absolute Gasteiger partial charge is 0.348 e. The highest BCUT2D eigenvalue weighted by Gasteiger charge is 2.21. The van der Waals surface area contributed by atoms with Crippen molar-refractivity contribution in [3.63, 3.8) is 0 Å². The van der Waals surface area contributed by atoms with E-state index in [4.69, 9.17) is 0 Å². The Labute approximate surface area is 145 Å². The SMILES string of the molecule is O=C(Cn1nnc(-c2ccccc2)n1)N[C@H]1CCCc2ccccc21. The minimum absolute atomic E-state index is 0.0644. The van der Waals surface area contributed by atoms with E-state index in [0.29, 0.717) is 5.82 Å². The van der Waals surface area contributed by atoms with Gasteiger partial charge in [0.05, 0.1) is 6.04 Å². The van der Waals surface area contributed by atoms with Crippen LogP contribution in [-0.2, 0) is 17.8 Å². The standard InChI is InChI=1S/C19H19N5O/c25-18(20-17-12-6-10-14-7-4-5-11-16(14)17)13-24-22-19(21-23-24)15-8-2-1-3-9-15/h1-5,7-9,11,17H,6,10,12-13H2,(H,20,25)/t17-/m0/s1. The Morgan fingerprint density at radius 3 is 2.80 bits per heavy atom. The lowest BCUT2D eigenvalue weighted by atomic mass is 9.88. The van der Waals surface area contributed by atoms with E-state index in [1.165, 1.54) is 15.9 Å². The van der Waals surface area contributed by atoms with E-state index in [2.05, 4.69) is 32.9 Å². The Balaban J connectivity index is 1.43. The third-order valence-corrected chi connectivity index (χ3v) is 4.47. The van der Waals surface area contributed by atoms with Gasteiger partial charge in [0.1, 0.15) is 6.54 Å². The quantitative estimate of drug-likeness (QED) is 0.796. The lowest BCUT2D eigenvalue weighted by Gasteiger charge is -2.26. The van der Waals surface area contributed by atoms with Crippen molar-refractivity contribution in [2.75, 3.05) is 0 Å². The summed E-state index contributed by atoms with van der Waals surface area (Å²) in [6.07, 6.45) is 3.12. The van der Waals surface area contributed by atoms with Crippen LogP contribution in [0.15, 0.2) is 54.6 Å². The van der Waals surface area contributed by atoms with Gasteiger partial charge in [0.15, 0.2) is 0 Å². The Morgan fingerprint density at radius 1 is 1.12 bits per heavy atom. The number of carbonyl (C=O) groups excluding carboxylic acids is 1. The number of carbonyl (C=O) groups is 1. The highest BCUT2D eigenvalue weighted by Crippen LogP contribution is 2.29. The molecule has 1 aromatic heterocycles. The molecule has 0 radical (unpaired) electrons. The van der Waals surface area contributed by atoms with Gasteiger partial charge in [-0.05, 0) is 35.6 Å². The summed E-state index contributed by atoms with van der Waals surface area (Å²) in [5.74, 6) is 0.426. The summed E-state index contributed by atoms with van der Waals surface area (Å²) in [4.78, 5) is 13.7. The number of aryl methyl sites for hydroxylation is 1. The van der Waals surface area contributed by atoms with Gasteiger partial charge in [-0.25, -0.2) is 0 Å². The Morgan fingerprint density at radius 2 is 1.92 bits per heavy atom. The van der Waals surface area contributed by atoms with Gasteiger partial charge in [0.25, 0.3) is 0 Å². The van der Waals surface area contributed by atoms with Crippen molar-refractivity contribution in [1.29, 1.82) is 0 Å². The summed E-state index contributed by atoms with van der Waals surface area (Å²) < 4.78 is 0. The van der Waals surface area contributed by atoms with Gasteiger partial charge in [0.2, 0.25) is 11.7 Å². The monoisotopic (exact) mass is 333 g/mol. The number of hydrogen-bond donors (Lipinski definition) is 1. The number of nitrogens with one attached hydrogen (secondary N) is 1. The molecule has 0 fully saturated rings. The molecule has 1 atom stereocenters. The first-order valence-corrected chi connectivity index (χ1v) is 8.50. The molecule has 0 bridgehead atoms. The van der Waals surface area contributed by atoms with E-state index in [1.54, 1.807) is 0 Å². The van der Waals surface area contributed by atoms with Crippen LogP contribution >= 0.6 is 0 Å². The van der Waals surface area contributed by atoms with Gasteiger partial charge in [-0.15, -0.1) is 10.2 Å². The summed E-state index contributed by atoms with van der Waals surface area (Å²) in [6.45, 7) is 0.0680. The summed E-state index contributed by atoms with van der Waals surface area (Å²) >= 11 is 0. The second-order valence-electron chi connectivity index (χ2n) is 6.22. The number of aromatic nitrogens is 4. The summed E-state index contributed by atoms with van der Waals surface area (Å²) in [5.41, 5.74) is 3.43. The second-order valence-corrected chi connectivity index (χ2v) is 6.22. The molecule has 1 N–H and O–H groups in total. The van der Waals surface area contributed by atoms with E-state index in [9.17, 15) is 4.79 Å². The van der Waals surface area contributed by atoms with Gasteiger partial charge in [-0.3, -0.25) is 4.79 Å². The van der Waals surface area contributed by atoms with E-state index in [1.807, 2.05) is 42.5 Å². The molecule has 126 valence electrons. The number of benzene rings is 2. The van der Waals surface area contributed by atoms with Crippen LogP contribution in [0.4, 0.5) is 0 Å². The molecule has 0 saturated carbocycles. The maximum absolute atomic E-state index is 12.4. The van der Waals surface area contributed by atoms with Crippen LogP contribution < -0.4 is 5.32 Å². The van der Waals surface area contributed by atoms with Crippen LogP contribution in [-0.4, -0.2) is 26.1 Å². The molecule has 4 rings (SSSR count). The van der Waals surface area contributed by atoms with Crippen LogP contribution in [0.1, 0.15) is 30.0 Å². The molecule has 1 heterocycles. The van der Waals surface area contributed by atoms with Crippen LogP contribution in [0.5, 0.6) is 0 Å². The van der Waals surface area contributed by atoms with Gasteiger partial charge >= 0.3 is 0 Å². The van der Waals surface area contributed by atoms with Crippen molar-refractivity contribution in [3.05, 3.63) is 65.7 Å². The maximum atomic E-state index is 12.4. The number of rotatable bonds is 4. The molecular formula is C19H19N5O. The van der Waals surface area contributed by atoms with Crippen LogP contribution in [0.25, 0.3) is 11.4 Å². The predicted octanol–water partition coefficient (Wildman–Crippen LogP) is 2.53. The molecule has 2 aromatic carbocycles. The third kappa shape index (κ3) is 3.42. The molecular weight excluding hydrogens is 314 g/mol. The van der Waals surface area contributed by atoms with Gasteiger partial charge in [-0.2, -0.15) is 4.80 Å². The van der Waals surface area contributed by atoms with Gasteiger partial charge in [0, 0.05) is 5.56 Å². The zero-order valence-corrected chi connectivity index (χ0v) is 13.8. The van der Waals surface area contributed by atoms with Crippen molar-refractivity contribution < 1.29 is 4.79 Å². The molecule has 0 unspecified atom stereocenters. The minimum atomic E-state index is -0.0984. The molecule has 1 aliphatic rings. The maximum Gasteiger partial charge on any atom is 0.244 e. The first-order valence-electron chi connectivity index (χ1n) is 8.50. The van der Waals surface area contributed by atoms with Crippen molar-refractivity contribution in [3.8, 4) is 11.4 Å². The fourth-order valence-corrected chi connectivity index (χ4v) is 3.29. The molecule has 25 heavy (non-hydrogen) atoms. The number of nitrogens with zero attached hydrogens (tertiary/aromatic N) is 4. The molecule has 3 aromatic rings. The molecule has 0 spiro atoms. The predicted molar refractivity (Wildman–Crippen MR) is 93.5 cm³/mol. The molecule has 0 aliphatic heterocycles. The highest BCUT2D eigenvalue weighted by molar-refractivity contribution is 5.76. The Hall–Kier alpha value is -3.02. The van der Waals surface area contributed by atoms with Crippen molar-refractivity contribution >= 4 is 5.91 Å². The zero-order chi connectivity index (χ0) is 17.1. The average Bonchev–Trinajstić information content (AvgIpc) is 3.11. The Bertz CT molecular complexity index is 874. The first-order chi connectivity index (χ1) is 12.3. The molecule has 6 heteroatoms. The number of tetrazole rings is 1. The van der Waals surface area contributed by atoms with E-state index in [-0.39, 0.29) is 18.5 Å². The van der Waals surface area contributed by atoms with E-state index >= 15 is 0 Å². The summed E-state index contributed by atoms with van der Waals surface area (Å²) in [7, 11) is 0. The smallest absolute Gasteiger partial charge is 0.244 e. The molecule has 1 aliphatic carbocycles. The van der Waals surface area contributed by atoms with Gasteiger partial charge < -0.3 is 5.32 Å². The third-order valence-electron chi connectivity index (χ3n) is 4.47. The van der Waals surface area contributed by atoms with Crippen molar-refractivity contribution in [1.82, 2.24) is 25.5 Å². The molecule has 6 nitrogen and oxygen atoms in total. The normalized spacial score (nSPS) is 16.2. The van der Waals surface area contributed by atoms with E-state index in [0.717, 1.165) is 24.8 Å². The van der Waals surface area contributed by atoms with Crippen molar-refractivity contribution in [2.24, 2.45) is 0 Å². The topological polar surface area (TPSA) is 72.7 Å². The van der Waals surface area contributed by atoms with Crippen LogP contribution in [0.3, 0.4) is 0 Å². The summed E-state index contributed by atoms with van der Waals surface area (Å²) in [6, 6.07) is 18.0. The van der Waals surface area contributed by atoms with E-state index < -0.39 is 0 Å². The highest BCUT2D eigenvalue weighted by atomic mass is 16.2. The van der Waals surface area contributed by atoms with Crippen LogP contribution in [0, 0.1) is 0 Å². The average molecular weight is 333 g/mol.